The van der Waals surface area contributed by atoms with E-state index in [-0.39, 0.29) is 23.3 Å². The van der Waals surface area contributed by atoms with Gasteiger partial charge in [0.05, 0.1) is 23.8 Å². The number of carbonyl (C=O) groups excluding carboxylic acids is 1. The van der Waals surface area contributed by atoms with Crippen molar-refractivity contribution in [1.82, 2.24) is 14.9 Å². The first-order chi connectivity index (χ1) is 14.0. The third-order valence-electron chi connectivity index (χ3n) is 4.52. The second-order valence-corrected chi connectivity index (χ2v) is 7.86. The average molecular weight is 412 g/mol. The van der Waals surface area contributed by atoms with E-state index in [1.54, 1.807) is 17.7 Å². The molecule has 0 fully saturated rings. The monoisotopic (exact) mass is 411 g/mol. The summed E-state index contributed by atoms with van der Waals surface area (Å²) in [5.41, 5.74) is 1.70. The van der Waals surface area contributed by atoms with Crippen LogP contribution in [0.5, 0.6) is 5.75 Å². The third-order valence-corrected chi connectivity index (χ3v) is 5.47. The molecule has 0 radical (unpaired) electrons. The van der Waals surface area contributed by atoms with E-state index in [2.05, 4.69) is 10.3 Å². The van der Waals surface area contributed by atoms with Crippen LogP contribution in [0.2, 0.25) is 0 Å². The molecule has 3 aromatic rings. The van der Waals surface area contributed by atoms with Gasteiger partial charge in [0, 0.05) is 12.6 Å². The van der Waals surface area contributed by atoms with Crippen molar-refractivity contribution in [2.45, 2.75) is 31.5 Å². The maximum Gasteiger partial charge on any atom is 0.262 e. The van der Waals surface area contributed by atoms with Crippen LogP contribution in [0, 0.1) is 0 Å². The summed E-state index contributed by atoms with van der Waals surface area (Å²) >= 11 is 1.29. The Morgan fingerprint density at radius 3 is 2.59 bits per heavy atom. The molecule has 6 nitrogen and oxygen atoms in total. The normalized spacial score (nSPS) is 11.0. The number of hydrogen-bond acceptors (Lipinski definition) is 5. The summed E-state index contributed by atoms with van der Waals surface area (Å²) in [7, 11) is 1.64. The van der Waals surface area contributed by atoms with E-state index < -0.39 is 0 Å². The van der Waals surface area contributed by atoms with Crippen LogP contribution in [0.15, 0.2) is 58.5 Å². The highest BCUT2D eigenvalue weighted by molar-refractivity contribution is 7.99. The van der Waals surface area contributed by atoms with Crippen LogP contribution in [-0.4, -0.2) is 34.9 Å². The molecule has 1 N–H and O–H groups in total. The SMILES string of the molecule is COc1ccc(CCNC(=O)CSc2nc3ccccc3c(=O)n2C(C)C)cc1. The predicted octanol–water partition coefficient (Wildman–Crippen LogP) is 3.44. The molecule has 3 rings (SSSR count). The number of benzene rings is 2. The number of para-hydroxylation sites is 1. The van der Waals surface area contributed by atoms with Crippen molar-refractivity contribution < 1.29 is 9.53 Å². The number of nitrogens with zero attached hydrogens (tertiary/aromatic N) is 2. The molecule has 0 bridgehead atoms. The van der Waals surface area contributed by atoms with Crippen molar-refractivity contribution in [2.75, 3.05) is 19.4 Å². The number of hydrogen-bond donors (Lipinski definition) is 1. The molecule has 152 valence electrons. The van der Waals surface area contributed by atoms with Crippen molar-refractivity contribution in [3.8, 4) is 5.75 Å². The first-order valence-corrected chi connectivity index (χ1v) is 10.5. The molecule has 0 aliphatic heterocycles. The van der Waals surface area contributed by atoms with Crippen molar-refractivity contribution in [3.63, 3.8) is 0 Å². The van der Waals surface area contributed by atoms with E-state index in [4.69, 9.17) is 4.74 Å². The Morgan fingerprint density at radius 1 is 1.17 bits per heavy atom. The largest absolute Gasteiger partial charge is 0.497 e. The Kier molecular flexibility index (Phi) is 6.93. The van der Waals surface area contributed by atoms with E-state index in [9.17, 15) is 9.59 Å². The van der Waals surface area contributed by atoms with Gasteiger partial charge in [-0.1, -0.05) is 36.0 Å². The summed E-state index contributed by atoms with van der Waals surface area (Å²) in [6.45, 7) is 4.43. The Hall–Kier alpha value is -2.80. The lowest BCUT2D eigenvalue weighted by Gasteiger charge is -2.16. The predicted molar refractivity (Wildman–Crippen MR) is 117 cm³/mol. The second-order valence-electron chi connectivity index (χ2n) is 6.92. The number of carbonyl (C=O) groups is 1. The minimum Gasteiger partial charge on any atom is -0.497 e. The van der Waals surface area contributed by atoms with Gasteiger partial charge in [-0.25, -0.2) is 4.98 Å². The van der Waals surface area contributed by atoms with Gasteiger partial charge in [0.25, 0.3) is 5.56 Å². The summed E-state index contributed by atoms with van der Waals surface area (Å²) in [5.74, 6) is 0.939. The molecular weight excluding hydrogens is 386 g/mol. The minimum atomic E-state index is -0.0822. The lowest BCUT2D eigenvalue weighted by atomic mass is 10.1. The third kappa shape index (κ3) is 5.17. The van der Waals surface area contributed by atoms with Gasteiger partial charge in [0.15, 0.2) is 5.16 Å². The Morgan fingerprint density at radius 2 is 1.90 bits per heavy atom. The zero-order chi connectivity index (χ0) is 20.8. The highest BCUT2D eigenvalue weighted by Crippen LogP contribution is 2.20. The molecule has 2 aromatic carbocycles. The quantitative estimate of drug-likeness (QED) is 0.454. The van der Waals surface area contributed by atoms with Crippen LogP contribution >= 0.6 is 11.8 Å². The van der Waals surface area contributed by atoms with E-state index >= 15 is 0 Å². The maximum absolute atomic E-state index is 12.8. The lowest BCUT2D eigenvalue weighted by molar-refractivity contribution is -0.118. The van der Waals surface area contributed by atoms with Crippen molar-refractivity contribution >= 4 is 28.6 Å². The zero-order valence-corrected chi connectivity index (χ0v) is 17.7. The summed E-state index contributed by atoms with van der Waals surface area (Å²) in [6.07, 6.45) is 0.741. The molecule has 0 aliphatic carbocycles. The summed E-state index contributed by atoms with van der Waals surface area (Å²) < 4.78 is 6.80. The molecule has 1 heterocycles. The van der Waals surface area contributed by atoms with E-state index in [1.165, 1.54) is 11.8 Å². The fraction of sp³-hybridized carbons (Fsp3) is 0.318. The minimum absolute atomic E-state index is 0.0414. The highest BCUT2D eigenvalue weighted by Gasteiger charge is 2.15. The Bertz CT molecular complexity index is 1050. The topological polar surface area (TPSA) is 73.2 Å². The lowest BCUT2D eigenvalue weighted by Crippen LogP contribution is -2.29. The van der Waals surface area contributed by atoms with Crippen LogP contribution in [0.1, 0.15) is 25.5 Å². The number of nitrogens with one attached hydrogen (secondary N) is 1. The van der Waals surface area contributed by atoms with Gasteiger partial charge in [0.2, 0.25) is 5.91 Å². The first-order valence-electron chi connectivity index (χ1n) is 9.53. The molecule has 1 amide bonds. The fourth-order valence-electron chi connectivity index (χ4n) is 3.00. The van der Waals surface area contributed by atoms with Gasteiger partial charge in [-0.15, -0.1) is 0 Å². The number of fused-ring (bicyclic) bond motifs is 1. The van der Waals surface area contributed by atoms with Crippen LogP contribution in [0.4, 0.5) is 0 Å². The molecule has 7 heteroatoms. The molecule has 0 atom stereocenters. The van der Waals surface area contributed by atoms with Gasteiger partial charge in [-0.2, -0.15) is 0 Å². The van der Waals surface area contributed by atoms with Gasteiger partial charge >= 0.3 is 0 Å². The molecule has 0 spiro atoms. The van der Waals surface area contributed by atoms with E-state index in [1.807, 2.05) is 56.3 Å². The van der Waals surface area contributed by atoms with Gasteiger partial charge in [0.1, 0.15) is 5.75 Å². The molecule has 0 saturated carbocycles. The van der Waals surface area contributed by atoms with Crippen molar-refractivity contribution in [2.24, 2.45) is 0 Å². The van der Waals surface area contributed by atoms with Crippen LogP contribution in [0.25, 0.3) is 10.9 Å². The van der Waals surface area contributed by atoms with E-state index in [0.717, 1.165) is 17.7 Å². The summed E-state index contributed by atoms with van der Waals surface area (Å²) in [5, 5.41) is 4.08. The Balaban J connectivity index is 1.61. The van der Waals surface area contributed by atoms with E-state index in [0.29, 0.717) is 22.6 Å². The summed E-state index contributed by atoms with van der Waals surface area (Å²) in [6, 6.07) is 15.0. The second kappa shape index (κ2) is 9.60. The standard InChI is InChI=1S/C22H25N3O3S/c1-15(2)25-21(27)18-6-4-5-7-19(18)24-22(25)29-14-20(26)23-13-12-16-8-10-17(28-3)11-9-16/h4-11,15H,12-14H2,1-3H3,(H,23,26). The first kappa shape index (κ1) is 20.9. The van der Waals surface area contributed by atoms with Crippen LogP contribution < -0.4 is 15.6 Å². The number of methoxy groups -OCH3 is 1. The van der Waals surface area contributed by atoms with Crippen molar-refractivity contribution in [1.29, 1.82) is 0 Å². The number of thioether (sulfide) groups is 1. The average Bonchev–Trinajstić information content (AvgIpc) is 2.72. The summed E-state index contributed by atoms with van der Waals surface area (Å²) in [4.78, 5) is 29.7. The smallest absolute Gasteiger partial charge is 0.262 e. The van der Waals surface area contributed by atoms with Crippen molar-refractivity contribution in [3.05, 3.63) is 64.4 Å². The van der Waals surface area contributed by atoms with Crippen LogP contribution in [-0.2, 0) is 11.2 Å². The maximum atomic E-state index is 12.8. The number of rotatable bonds is 8. The Labute approximate surface area is 174 Å². The number of ether oxygens (including phenoxy) is 1. The number of aromatic nitrogens is 2. The van der Waals surface area contributed by atoms with Gasteiger partial charge in [-0.05, 0) is 50.1 Å². The number of amides is 1. The van der Waals surface area contributed by atoms with Crippen LogP contribution in [0.3, 0.4) is 0 Å². The van der Waals surface area contributed by atoms with Gasteiger partial charge < -0.3 is 10.1 Å². The van der Waals surface area contributed by atoms with Gasteiger partial charge in [-0.3, -0.25) is 14.2 Å². The molecular formula is C22H25N3O3S. The molecule has 0 saturated heterocycles. The molecule has 29 heavy (non-hydrogen) atoms. The molecule has 0 aliphatic rings. The molecule has 0 unspecified atom stereocenters. The zero-order valence-electron chi connectivity index (χ0n) is 16.8. The molecule has 1 aromatic heterocycles. The fourth-order valence-corrected chi connectivity index (χ4v) is 3.96. The highest BCUT2D eigenvalue weighted by atomic mass is 32.2.